The molecule has 160 valence electrons. The fraction of sp³-hybridized carbons (Fsp3) is 0.409. The van der Waals surface area contributed by atoms with E-state index in [1.807, 2.05) is 50.5 Å². The van der Waals surface area contributed by atoms with Crippen LogP contribution in [0.2, 0.25) is 0 Å². The van der Waals surface area contributed by atoms with Gasteiger partial charge in [-0.05, 0) is 57.9 Å². The summed E-state index contributed by atoms with van der Waals surface area (Å²) in [6.07, 6.45) is 0.888. The van der Waals surface area contributed by atoms with Crippen LogP contribution in [0.25, 0.3) is 0 Å². The van der Waals surface area contributed by atoms with E-state index in [4.69, 9.17) is 10.5 Å². The lowest BCUT2D eigenvalue weighted by molar-refractivity contribution is 0.102. The van der Waals surface area contributed by atoms with Gasteiger partial charge in [-0.25, -0.2) is 0 Å². The molecule has 0 spiro atoms. The number of anilines is 1. The Bertz CT molecular complexity index is 1020. The molecule has 0 saturated carbocycles. The molecular weight excluding hydrogens is 398 g/mol. The SMILES string of the molecule is COc1ccc(CCn2c(C)cc(C(=O)CSc3nnc(N)n3C(C)C)c2C)cc1. The number of hydrogen-bond donors (Lipinski definition) is 1. The van der Waals surface area contributed by atoms with E-state index in [1.165, 1.54) is 17.3 Å². The molecule has 1 aromatic carbocycles. The number of nitrogens with zero attached hydrogens (tertiary/aromatic N) is 4. The first-order valence-corrected chi connectivity index (χ1v) is 11.0. The van der Waals surface area contributed by atoms with Crippen LogP contribution < -0.4 is 10.5 Å². The van der Waals surface area contributed by atoms with Crippen molar-refractivity contribution in [2.75, 3.05) is 18.6 Å². The van der Waals surface area contributed by atoms with E-state index >= 15 is 0 Å². The Hall–Kier alpha value is -2.74. The molecule has 0 aliphatic carbocycles. The third-order valence-corrected chi connectivity index (χ3v) is 6.14. The summed E-state index contributed by atoms with van der Waals surface area (Å²) in [6, 6.07) is 10.2. The van der Waals surface area contributed by atoms with E-state index in [9.17, 15) is 4.79 Å². The summed E-state index contributed by atoms with van der Waals surface area (Å²) >= 11 is 1.38. The zero-order chi connectivity index (χ0) is 21.8. The Morgan fingerprint density at radius 3 is 2.53 bits per heavy atom. The van der Waals surface area contributed by atoms with Crippen LogP contribution in [-0.4, -0.2) is 38.0 Å². The monoisotopic (exact) mass is 427 g/mol. The Labute approximate surface area is 181 Å². The van der Waals surface area contributed by atoms with Gasteiger partial charge in [-0.3, -0.25) is 9.36 Å². The third kappa shape index (κ3) is 4.70. The first kappa shape index (κ1) is 22.0. The molecule has 7 nitrogen and oxygen atoms in total. The van der Waals surface area contributed by atoms with Crippen molar-refractivity contribution in [2.24, 2.45) is 0 Å². The number of hydrogen-bond acceptors (Lipinski definition) is 6. The number of carbonyl (C=O) groups excluding carboxylic acids is 1. The summed E-state index contributed by atoms with van der Waals surface area (Å²) in [6.45, 7) is 8.90. The van der Waals surface area contributed by atoms with E-state index in [0.29, 0.717) is 16.9 Å². The number of nitrogen functional groups attached to an aromatic ring is 1. The molecule has 3 aromatic rings. The van der Waals surface area contributed by atoms with Gasteiger partial charge in [0.25, 0.3) is 0 Å². The number of thioether (sulfide) groups is 1. The Morgan fingerprint density at radius 1 is 1.20 bits per heavy atom. The lowest BCUT2D eigenvalue weighted by atomic mass is 10.1. The highest BCUT2D eigenvalue weighted by Gasteiger charge is 2.19. The van der Waals surface area contributed by atoms with Crippen LogP contribution in [0.15, 0.2) is 35.5 Å². The van der Waals surface area contributed by atoms with Gasteiger partial charge in [-0.1, -0.05) is 23.9 Å². The molecule has 2 heterocycles. The van der Waals surface area contributed by atoms with Crippen LogP contribution in [0.4, 0.5) is 5.95 Å². The van der Waals surface area contributed by atoms with Gasteiger partial charge in [0.05, 0.1) is 12.9 Å². The Balaban J connectivity index is 1.67. The Kier molecular flexibility index (Phi) is 6.87. The molecular formula is C22H29N5O2S. The highest BCUT2D eigenvalue weighted by molar-refractivity contribution is 7.99. The molecule has 0 unspecified atom stereocenters. The van der Waals surface area contributed by atoms with Gasteiger partial charge >= 0.3 is 0 Å². The van der Waals surface area contributed by atoms with Gasteiger partial charge in [-0.2, -0.15) is 0 Å². The second-order valence-corrected chi connectivity index (χ2v) is 8.49. The second-order valence-electron chi connectivity index (χ2n) is 7.55. The number of aromatic nitrogens is 4. The molecule has 0 bridgehead atoms. The number of carbonyl (C=O) groups is 1. The smallest absolute Gasteiger partial charge is 0.222 e. The van der Waals surface area contributed by atoms with Crippen molar-refractivity contribution in [1.29, 1.82) is 0 Å². The number of aryl methyl sites for hydroxylation is 2. The summed E-state index contributed by atoms with van der Waals surface area (Å²) in [5, 5.41) is 8.71. The van der Waals surface area contributed by atoms with Crippen LogP contribution in [0, 0.1) is 13.8 Å². The van der Waals surface area contributed by atoms with Crippen LogP contribution in [0.3, 0.4) is 0 Å². The van der Waals surface area contributed by atoms with E-state index in [2.05, 4.69) is 26.9 Å². The zero-order valence-electron chi connectivity index (χ0n) is 18.2. The number of benzene rings is 1. The first-order valence-electron chi connectivity index (χ1n) is 9.97. The summed E-state index contributed by atoms with van der Waals surface area (Å²) in [5.74, 6) is 1.61. The summed E-state index contributed by atoms with van der Waals surface area (Å²) in [5.41, 5.74) is 9.97. The van der Waals surface area contributed by atoms with Crippen molar-refractivity contribution < 1.29 is 9.53 Å². The average Bonchev–Trinajstić information content (AvgIpc) is 3.24. The molecule has 2 aromatic heterocycles. The minimum Gasteiger partial charge on any atom is -0.497 e. The van der Waals surface area contributed by atoms with Crippen LogP contribution >= 0.6 is 11.8 Å². The van der Waals surface area contributed by atoms with Crippen molar-refractivity contribution in [1.82, 2.24) is 19.3 Å². The number of nitrogens with two attached hydrogens (primary N) is 1. The van der Waals surface area contributed by atoms with E-state index in [0.717, 1.165) is 35.7 Å². The molecule has 0 aliphatic heterocycles. The van der Waals surface area contributed by atoms with Crippen LogP contribution in [0.5, 0.6) is 5.75 Å². The third-order valence-electron chi connectivity index (χ3n) is 5.20. The second kappa shape index (κ2) is 9.38. The van der Waals surface area contributed by atoms with Gasteiger partial charge in [0.2, 0.25) is 5.95 Å². The number of methoxy groups -OCH3 is 1. The number of ketones is 1. The highest BCUT2D eigenvalue weighted by Crippen LogP contribution is 2.25. The van der Waals surface area contributed by atoms with Gasteiger partial charge in [0.1, 0.15) is 5.75 Å². The lowest BCUT2D eigenvalue weighted by Crippen LogP contribution is -2.10. The van der Waals surface area contributed by atoms with Crippen LogP contribution in [-0.2, 0) is 13.0 Å². The fourth-order valence-corrected chi connectivity index (χ4v) is 4.50. The molecule has 30 heavy (non-hydrogen) atoms. The fourth-order valence-electron chi connectivity index (χ4n) is 3.54. The standard InChI is InChI=1S/C22H29N5O2S/c1-14(2)27-21(23)24-25-22(27)30-13-20(28)19-12-15(3)26(16(19)4)11-10-17-6-8-18(29-5)9-7-17/h6-9,12,14H,10-11,13H2,1-5H3,(H2,23,24). The normalized spacial score (nSPS) is 11.3. The molecule has 0 saturated heterocycles. The van der Waals surface area contributed by atoms with Crippen molar-refractivity contribution in [3.05, 3.63) is 52.8 Å². The van der Waals surface area contributed by atoms with Crippen molar-refractivity contribution in [3.8, 4) is 5.75 Å². The lowest BCUT2D eigenvalue weighted by Gasteiger charge is -2.11. The summed E-state index contributed by atoms with van der Waals surface area (Å²) in [7, 11) is 1.67. The Morgan fingerprint density at radius 2 is 1.90 bits per heavy atom. The topological polar surface area (TPSA) is 88.0 Å². The summed E-state index contributed by atoms with van der Waals surface area (Å²) < 4.78 is 9.26. The molecule has 2 N–H and O–H groups in total. The average molecular weight is 428 g/mol. The van der Waals surface area contributed by atoms with Gasteiger partial charge in [-0.15, -0.1) is 10.2 Å². The minimum atomic E-state index is 0.0840. The van der Waals surface area contributed by atoms with Crippen molar-refractivity contribution in [3.63, 3.8) is 0 Å². The molecule has 0 amide bonds. The van der Waals surface area contributed by atoms with Crippen LogP contribution in [0.1, 0.15) is 47.2 Å². The van der Waals surface area contributed by atoms with E-state index < -0.39 is 0 Å². The largest absolute Gasteiger partial charge is 0.497 e. The maximum atomic E-state index is 12.9. The number of ether oxygens (including phenoxy) is 1. The minimum absolute atomic E-state index is 0.0840. The molecule has 0 radical (unpaired) electrons. The number of Topliss-reactive ketones (excluding diaryl/α,β-unsaturated/α-hetero) is 1. The molecule has 3 rings (SSSR count). The molecule has 0 fully saturated rings. The van der Waals surface area contributed by atoms with Gasteiger partial charge < -0.3 is 15.0 Å². The first-order chi connectivity index (χ1) is 14.3. The maximum absolute atomic E-state index is 12.9. The molecule has 0 atom stereocenters. The number of rotatable bonds is 9. The predicted octanol–water partition coefficient (Wildman–Crippen LogP) is 4.09. The van der Waals surface area contributed by atoms with Crippen molar-refractivity contribution >= 4 is 23.5 Å². The summed E-state index contributed by atoms with van der Waals surface area (Å²) in [4.78, 5) is 12.9. The molecule has 0 aliphatic rings. The molecule has 8 heteroatoms. The zero-order valence-corrected chi connectivity index (χ0v) is 19.0. The maximum Gasteiger partial charge on any atom is 0.222 e. The predicted molar refractivity (Wildman–Crippen MR) is 120 cm³/mol. The van der Waals surface area contributed by atoms with Gasteiger partial charge in [0.15, 0.2) is 10.9 Å². The van der Waals surface area contributed by atoms with E-state index in [1.54, 1.807) is 7.11 Å². The van der Waals surface area contributed by atoms with Crippen molar-refractivity contribution in [2.45, 2.75) is 51.9 Å². The highest BCUT2D eigenvalue weighted by atomic mass is 32.2. The quantitative estimate of drug-likeness (QED) is 0.409. The van der Waals surface area contributed by atoms with Gasteiger partial charge in [0, 0.05) is 29.5 Å². The van der Waals surface area contributed by atoms with E-state index in [-0.39, 0.29) is 11.8 Å².